The Morgan fingerprint density at radius 1 is 1.21 bits per heavy atom. The predicted molar refractivity (Wildman–Crippen MR) is 84.4 cm³/mol. The zero-order valence-electron chi connectivity index (χ0n) is 13.5. The number of hydrogen-bond acceptors (Lipinski definition) is 4. The lowest BCUT2D eigenvalue weighted by molar-refractivity contribution is 0.102. The van der Waals surface area contributed by atoms with E-state index in [0.717, 1.165) is 18.6 Å². The Morgan fingerprint density at radius 2 is 1.92 bits per heavy atom. The van der Waals surface area contributed by atoms with Crippen LogP contribution < -0.4 is 10.6 Å². The number of amides is 1. The number of nitrogens with zero attached hydrogens (tertiary/aromatic N) is 2. The number of halogens is 3. The number of rotatable bonds is 5. The van der Waals surface area contributed by atoms with Crippen LogP contribution in [-0.2, 0) is 0 Å². The van der Waals surface area contributed by atoms with Crippen molar-refractivity contribution in [1.29, 1.82) is 0 Å². The first-order valence-corrected chi connectivity index (χ1v) is 7.38. The smallest absolute Gasteiger partial charge is 0.274 e. The van der Waals surface area contributed by atoms with E-state index in [1.807, 2.05) is 13.8 Å². The summed E-state index contributed by atoms with van der Waals surface area (Å²) in [7, 11) is 0. The molecule has 24 heavy (non-hydrogen) atoms. The van der Waals surface area contributed by atoms with Crippen molar-refractivity contribution in [1.82, 2.24) is 9.97 Å². The fraction of sp³-hybridized carbons (Fsp3) is 0.312. The summed E-state index contributed by atoms with van der Waals surface area (Å²) < 4.78 is 39.8. The van der Waals surface area contributed by atoms with Crippen LogP contribution in [0.3, 0.4) is 0 Å². The van der Waals surface area contributed by atoms with E-state index in [-0.39, 0.29) is 11.7 Å². The third-order valence-corrected chi connectivity index (χ3v) is 3.36. The van der Waals surface area contributed by atoms with E-state index in [9.17, 15) is 18.0 Å². The van der Waals surface area contributed by atoms with Gasteiger partial charge in [-0.05, 0) is 32.4 Å². The Balaban J connectivity index is 2.25. The van der Waals surface area contributed by atoms with Crippen LogP contribution in [0.25, 0.3) is 0 Å². The molecule has 1 aromatic heterocycles. The maximum Gasteiger partial charge on any atom is 0.274 e. The van der Waals surface area contributed by atoms with Crippen molar-refractivity contribution in [2.24, 2.45) is 0 Å². The summed E-state index contributed by atoms with van der Waals surface area (Å²) in [5.41, 5.74) is -0.482. The quantitative estimate of drug-likeness (QED) is 0.817. The molecule has 0 fully saturated rings. The van der Waals surface area contributed by atoms with Gasteiger partial charge in [-0.3, -0.25) is 4.79 Å². The first-order chi connectivity index (χ1) is 11.3. The van der Waals surface area contributed by atoms with Crippen LogP contribution in [0.5, 0.6) is 0 Å². The highest BCUT2D eigenvalue weighted by atomic mass is 19.2. The summed E-state index contributed by atoms with van der Waals surface area (Å²) in [6.07, 6.45) is 0.852. The summed E-state index contributed by atoms with van der Waals surface area (Å²) in [4.78, 5) is 20.4. The van der Waals surface area contributed by atoms with Gasteiger partial charge in [0.05, 0.1) is 5.69 Å². The molecule has 0 aliphatic heterocycles. The first kappa shape index (κ1) is 17.7. The summed E-state index contributed by atoms with van der Waals surface area (Å²) in [6.45, 7) is 5.55. The summed E-state index contributed by atoms with van der Waals surface area (Å²) >= 11 is 0. The molecule has 2 rings (SSSR count). The molecule has 0 saturated carbocycles. The predicted octanol–water partition coefficient (Wildman–Crippen LogP) is 3.67. The Labute approximate surface area is 137 Å². The molecule has 128 valence electrons. The highest BCUT2D eigenvalue weighted by Crippen LogP contribution is 2.20. The first-order valence-electron chi connectivity index (χ1n) is 7.38. The van der Waals surface area contributed by atoms with Crippen LogP contribution >= 0.6 is 0 Å². The third kappa shape index (κ3) is 4.01. The zero-order valence-corrected chi connectivity index (χ0v) is 13.5. The van der Waals surface area contributed by atoms with E-state index >= 15 is 0 Å². The van der Waals surface area contributed by atoms with Crippen molar-refractivity contribution in [3.8, 4) is 0 Å². The maximum absolute atomic E-state index is 13.6. The second kappa shape index (κ2) is 7.29. The molecule has 1 aromatic carbocycles. The lowest BCUT2D eigenvalue weighted by Gasteiger charge is -2.13. The fourth-order valence-electron chi connectivity index (χ4n) is 1.92. The lowest BCUT2D eigenvalue weighted by atomic mass is 10.2. The van der Waals surface area contributed by atoms with E-state index < -0.39 is 29.0 Å². The van der Waals surface area contributed by atoms with Crippen molar-refractivity contribution < 1.29 is 18.0 Å². The molecule has 0 aliphatic carbocycles. The van der Waals surface area contributed by atoms with Gasteiger partial charge in [-0.25, -0.2) is 23.1 Å². The summed E-state index contributed by atoms with van der Waals surface area (Å²) in [5, 5.41) is 5.28. The molecule has 0 spiro atoms. The van der Waals surface area contributed by atoms with Gasteiger partial charge in [0.25, 0.3) is 5.91 Å². The monoisotopic (exact) mass is 338 g/mol. The molecule has 1 amide bonds. The number of anilines is 2. The number of aryl methyl sites for hydroxylation is 1. The van der Waals surface area contributed by atoms with Gasteiger partial charge < -0.3 is 10.6 Å². The highest BCUT2D eigenvalue weighted by molar-refractivity contribution is 6.03. The van der Waals surface area contributed by atoms with E-state index in [1.54, 1.807) is 6.92 Å². The molecule has 0 aliphatic rings. The largest absolute Gasteiger partial charge is 0.368 e. The summed E-state index contributed by atoms with van der Waals surface area (Å²) in [5.74, 6) is -4.40. The lowest BCUT2D eigenvalue weighted by Crippen LogP contribution is -2.19. The number of aromatic nitrogens is 2. The van der Waals surface area contributed by atoms with Crippen LogP contribution in [0, 0.1) is 24.4 Å². The van der Waals surface area contributed by atoms with Gasteiger partial charge in [0.1, 0.15) is 17.3 Å². The Kier molecular flexibility index (Phi) is 5.38. The molecule has 8 heteroatoms. The molecule has 1 unspecified atom stereocenters. The van der Waals surface area contributed by atoms with Crippen LogP contribution in [0.4, 0.5) is 24.7 Å². The molecule has 0 radical (unpaired) electrons. The Hall–Kier alpha value is -2.64. The third-order valence-electron chi connectivity index (χ3n) is 3.36. The Bertz CT molecular complexity index is 767. The van der Waals surface area contributed by atoms with Gasteiger partial charge in [-0.15, -0.1) is 0 Å². The molecule has 0 bridgehead atoms. The number of hydrogen-bond donors (Lipinski definition) is 2. The normalized spacial score (nSPS) is 11.9. The average molecular weight is 338 g/mol. The van der Waals surface area contributed by atoms with E-state index in [4.69, 9.17) is 0 Å². The standard InChI is InChI=1S/C16H17F3N4O/c1-4-8(2)20-13-7-12(21-9(3)22-13)16(24)23-11-6-5-10(17)14(18)15(11)19/h5-8H,4H2,1-3H3,(H,23,24)(H,20,21,22). The van der Waals surface area contributed by atoms with E-state index in [2.05, 4.69) is 20.6 Å². The van der Waals surface area contributed by atoms with Crippen molar-refractivity contribution in [2.75, 3.05) is 10.6 Å². The SMILES string of the molecule is CCC(C)Nc1cc(C(=O)Nc2ccc(F)c(F)c2F)nc(C)n1. The van der Waals surface area contributed by atoms with E-state index in [0.29, 0.717) is 11.6 Å². The van der Waals surface area contributed by atoms with Crippen LogP contribution in [0.1, 0.15) is 36.6 Å². The minimum atomic E-state index is -1.65. The van der Waals surface area contributed by atoms with Crippen molar-refractivity contribution in [2.45, 2.75) is 33.2 Å². The second-order valence-electron chi connectivity index (χ2n) is 5.32. The van der Waals surface area contributed by atoms with Gasteiger partial charge in [0.15, 0.2) is 17.5 Å². The molecule has 2 N–H and O–H groups in total. The highest BCUT2D eigenvalue weighted by Gasteiger charge is 2.17. The maximum atomic E-state index is 13.6. The molecule has 1 heterocycles. The number of carbonyl (C=O) groups is 1. The fourth-order valence-corrected chi connectivity index (χ4v) is 1.92. The molecular formula is C16H17F3N4O. The van der Waals surface area contributed by atoms with Crippen LogP contribution in [0.2, 0.25) is 0 Å². The Morgan fingerprint density at radius 3 is 2.58 bits per heavy atom. The van der Waals surface area contributed by atoms with Crippen LogP contribution in [-0.4, -0.2) is 21.9 Å². The summed E-state index contributed by atoms with van der Waals surface area (Å²) in [6, 6.07) is 3.22. The topological polar surface area (TPSA) is 66.9 Å². The van der Waals surface area contributed by atoms with E-state index in [1.165, 1.54) is 6.07 Å². The molecule has 0 saturated heterocycles. The number of benzene rings is 1. The molecule has 5 nitrogen and oxygen atoms in total. The number of carbonyl (C=O) groups excluding carboxylic acids is 1. The minimum Gasteiger partial charge on any atom is -0.368 e. The van der Waals surface area contributed by atoms with Gasteiger partial charge in [-0.2, -0.15) is 0 Å². The molecule has 1 atom stereocenters. The van der Waals surface area contributed by atoms with Crippen molar-refractivity contribution in [3.63, 3.8) is 0 Å². The molecular weight excluding hydrogens is 321 g/mol. The number of nitrogens with one attached hydrogen (secondary N) is 2. The van der Waals surface area contributed by atoms with Gasteiger partial charge in [-0.1, -0.05) is 6.92 Å². The minimum absolute atomic E-state index is 0.0163. The molecule has 2 aromatic rings. The van der Waals surface area contributed by atoms with Crippen LogP contribution in [0.15, 0.2) is 18.2 Å². The second-order valence-corrected chi connectivity index (χ2v) is 5.32. The van der Waals surface area contributed by atoms with Gasteiger partial charge in [0.2, 0.25) is 0 Å². The van der Waals surface area contributed by atoms with Gasteiger partial charge >= 0.3 is 0 Å². The average Bonchev–Trinajstić information content (AvgIpc) is 2.54. The van der Waals surface area contributed by atoms with Crippen molar-refractivity contribution >= 4 is 17.4 Å². The zero-order chi connectivity index (χ0) is 17.9. The van der Waals surface area contributed by atoms with Crippen molar-refractivity contribution in [3.05, 3.63) is 47.2 Å². The van der Waals surface area contributed by atoms with Gasteiger partial charge in [0, 0.05) is 12.1 Å².